The summed E-state index contributed by atoms with van der Waals surface area (Å²) in [5.74, 6) is 1.36. The first-order valence-corrected chi connectivity index (χ1v) is 6.63. The smallest absolute Gasteiger partial charge is 0.225 e. The van der Waals surface area contributed by atoms with E-state index >= 15 is 0 Å². The molecule has 0 aromatic heterocycles. The number of anilines is 2. The summed E-state index contributed by atoms with van der Waals surface area (Å²) >= 11 is 1.56. The minimum Gasteiger partial charge on any atom is -0.399 e. The molecule has 0 atom stereocenters. The van der Waals surface area contributed by atoms with E-state index in [2.05, 4.69) is 5.32 Å². The Morgan fingerprint density at radius 1 is 1.47 bits per heavy atom. The highest BCUT2D eigenvalue weighted by Gasteiger charge is 2.04. The second kappa shape index (κ2) is 7.19. The standard InChI is InChI=1S/C12H18N2O2S/c1-9-2-3-10(13)8-11(9)14-12(16)4-6-17-7-5-15/h2-3,8,15H,4-7,13H2,1H3,(H,14,16). The lowest BCUT2D eigenvalue weighted by atomic mass is 10.2. The van der Waals surface area contributed by atoms with Crippen molar-refractivity contribution in [2.24, 2.45) is 0 Å². The van der Waals surface area contributed by atoms with E-state index in [1.165, 1.54) is 0 Å². The van der Waals surface area contributed by atoms with Crippen LogP contribution in [0.15, 0.2) is 18.2 Å². The molecule has 1 aromatic rings. The van der Waals surface area contributed by atoms with Gasteiger partial charge in [-0.15, -0.1) is 0 Å². The van der Waals surface area contributed by atoms with Gasteiger partial charge in [0.15, 0.2) is 0 Å². The zero-order valence-corrected chi connectivity index (χ0v) is 10.7. The van der Waals surface area contributed by atoms with Crippen LogP contribution in [0.25, 0.3) is 0 Å². The molecule has 0 fully saturated rings. The van der Waals surface area contributed by atoms with Crippen LogP contribution < -0.4 is 11.1 Å². The van der Waals surface area contributed by atoms with Gasteiger partial charge in [-0.25, -0.2) is 0 Å². The fourth-order valence-electron chi connectivity index (χ4n) is 1.32. The molecule has 4 nitrogen and oxygen atoms in total. The zero-order chi connectivity index (χ0) is 12.7. The van der Waals surface area contributed by atoms with Crippen molar-refractivity contribution in [2.75, 3.05) is 29.2 Å². The number of hydrogen-bond acceptors (Lipinski definition) is 4. The third-order valence-electron chi connectivity index (χ3n) is 2.24. The summed E-state index contributed by atoms with van der Waals surface area (Å²) in [6, 6.07) is 5.45. The van der Waals surface area contributed by atoms with Crippen LogP contribution in [0.5, 0.6) is 0 Å². The maximum Gasteiger partial charge on any atom is 0.225 e. The fraction of sp³-hybridized carbons (Fsp3) is 0.417. The summed E-state index contributed by atoms with van der Waals surface area (Å²) in [6.07, 6.45) is 0.443. The van der Waals surface area contributed by atoms with Crippen molar-refractivity contribution < 1.29 is 9.90 Å². The van der Waals surface area contributed by atoms with Crippen molar-refractivity contribution in [3.63, 3.8) is 0 Å². The minimum atomic E-state index is -0.0239. The molecule has 0 saturated heterocycles. The van der Waals surface area contributed by atoms with Crippen molar-refractivity contribution in [2.45, 2.75) is 13.3 Å². The fourth-order valence-corrected chi connectivity index (χ4v) is 1.98. The number of rotatable bonds is 6. The molecular formula is C12H18N2O2S. The molecule has 0 saturated carbocycles. The number of carbonyl (C=O) groups is 1. The number of aryl methyl sites for hydroxylation is 1. The summed E-state index contributed by atoms with van der Waals surface area (Å²) in [6.45, 7) is 2.08. The first kappa shape index (κ1) is 13.9. The Hall–Kier alpha value is -1.20. The molecule has 17 heavy (non-hydrogen) atoms. The van der Waals surface area contributed by atoms with Gasteiger partial charge in [0.2, 0.25) is 5.91 Å². The van der Waals surface area contributed by atoms with E-state index in [1.807, 2.05) is 19.1 Å². The van der Waals surface area contributed by atoms with Gasteiger partial charge in [0.25, 0.3) is 0 Å². The first-order chi connectivity index (χ1) is 8.13. The summed E-state index contributed by atoms with van der Waals surface area (Å²) in [5.41, 5.74) is 8.06. The molecule has 0 radical (unpaired) electrons. The van der Waals surface area contributed by atoms with Gasteiger partial charge < -0.3 is 16.2 Å². The average molecular weight is 254 g/mol. The summed E-state index contributed by atoms with van der Waals surface area (Å²) in [5, 5.41) is 11.4. The van der Waals surface area contributed by atoms with E-state index in [0.717, 1.165) is 11.3 Å². The summed E-state index contributed by atoms with van der Waals surface area (Å²) < 4.78 is 0. The van der Waals surface area contributed by atoms with Crippen LogP contribution in [0.1, 0.15) is 12.0 Å². The maximum absolute atomic E-state index is 11.6. The molecule has 4 N–H and O–H groups in total. The number of nitrogens with two attached hydrogens (primary N) is 1. The number of thioether (sulfide) groups is 1. The highest BCUT2D eigenvalue weighted by Crippen LogP contribution is 2.18. The van der Waals surface area contributed by atoms with Gasteiger partial charge in [0, 0.05) is 29.3 Å². The Balaban J connectivity index is 2.42. The van der Waals surface area contributed by atoms with E-state index in [4.69, 9.17) is 10.8 Å². The number of nitrogens with one attached hydrogen (secondary N) is 1. The van der Waals surface area contributed by atoms with E-state index in [0.29, 0.717) is 23.6 Å². The van der Waals surface area contributed by atoms with Crippen molar-refractivity contribution in [1.82, 2.24) is 0 Å². The molecule has 94 valence electrons. The van der Waals surface area contributed by atoms with Crippen LogP contribution in [-0.4, -0.2) is 29.1 Å². The number of benzene rings is 1. The first-order valence-electron chi connectivity index (χ1n) is 5.48. The Bertz CT molecular complexity index is 383. The quantitative estimate of drug-likeness (QED) is 0.533. The number of carbonyl (C=O) groups excluding carboxylic acids is 1. The average Bonchev–Trinajstić information content (AvgIpc) is 2.29. The van der Waals surface area contributed by atoms with Crippen molar-refractivity contribution in [3.8, 4) is 0 Å². The van der Waals surface area contributed by atoms with Crippen LogP contribution in [0, 0.1) is 6.92 Å². The van der Waals surface area contributed by atoms with Crippen molar-refractivity contribution >= 4 is 29.0 Å². The van der Waals surface area contributed by atoms with Crippen molar-refractivity contribution in [3.05, 3.63) is 23.8 Å². The molecule has 0 aliphatic heterocycles. The van der Waals surface area contributed by atoms with Gasteiger partial charge in [-0.1, -0.05) is 6.07 Å². The highest BCUT2D eigenvalue weighted by atomic mass is 32.2. The number of nitrogen functional groups attached to an aromatic ring is 1. The lowest BCUT2D eigenvalue weighted by molar-refractivity contribution is -0.115. The molecule has 0 spiro atoms. The van der Waals surface area contributed by atoms with Gasteiger partial charge in [0.05, 0.1) is 6.61 Å². The van der Waals surface area contributed by atoms with E-state index in [1.54, 1.807) is 17.8 Å². The molecule has 1 amide bonds. The molecule has 1 aromatic carbocycles. The summed E-state index contributed by atoms with van der Waals surface area (Å²) in [4.78, 5) is 11.6. The highest BCUT2D eigenvalue weighted by molar-refractivity contribution is 7.99. The predicted octanol–water partition coefficient (Wildman–Crippen LogP) is 1.63. The Kier molecular flexibility index (Phi) is 5.86. The van der Waals surface area contributed by atoms with Crippen LogP contribution in [0.2, 0.25) is 0 Å². The maximum atomic E-state index is 11.6. The second-order valence-electron chi connectivity index (χ2n) is 3.71. The number of aliphatic hydroxyl groups is 1. The predicted molar refractivity (Wildman–Crippen MR) is 73.2 cm³/mol. The van der Waals surface area contributed by atoms with Gasteiger partial charge in [-0.2, -0.15) is 11.8 Å². The number of aliphatic hydroxyl groups excluding tert-OH is 1. The Labute approximate surface area is 106 Å². The molecule has 1 rings (SSSR count). The van der Waals surface area contributed by atoms with Crippen LogP contribution in [-0.2, 0) is 4.79 Å². The van der Waals surface area contributed by atoms with E-state index in [-0.39, 0.29) is 12.5 Å². The van der Waals surface area contributed by atoms with Gasteiger partial charge in [-0.3, -0.25) is 4.79 Å². The SMILES string of the molecule is Cc1ccc(N)cc1NC(=O)CCSCCO. The lowest BCUT2D eigenvalue weighted by Crippen LogP contribution is -2.13. The van der Waals surface area contributed by atoms with Crippen LogP contribution >= 0.6 is 11.8 Å². The number of hydrogen-bond donors (Lipinski definition) is 3. The molecule has 0 unspecified atom stereocenters. The lowest BCUT2D eigenvalue weighted by Gasteiger charge is -2.09. The Morgan fingerprint density at radius 3 is 2.94 bits per heavy atom. The second-order valence-corrected chi connectivity index (χ2v) is 4.93. The molecule has 0 bridgehead atoms. The topological polar surface area (TPSA) is 75.3 Å². The molecule has 0 aliphatic carbocycles. The monoisotopic (exact) mass is 254 g/mol. The third-order valence-corrected chi connectivity index (χ3v) is 3.21. The molecule has 0 aliphatic rings. The van der Waals surface area contributed by atoms with E-state index < -0.39 is 0 Å². The zero-order valence-electron chi connectivity index (χ0n) is 9.90. The third kappa shape index (κ3) is 5.10. The molecular weight excluding hydrogens is 236 g/mol. The molecule has 5 heteroatoms. The van der Waals surface area contributed by atoms with E-state index in [9.17, 15) is 4.79 Å². The minimum absolute atomic E-state index is 0.0239. The van der Waals surface area contributed by atoms with Gasteiger partial charge in [-0.05, 0) is 24.6 Å². The van der Waals surface area contributed by atoms with Crippen molar-refractivity contribution in [1.29, 1.82) is 0 Å². The molecule has 0 heterocycles. The van der Waals surface area contributed by atoms with Crippen LogP contribution in [0.3, 0.4) is 0 Å². The Morgan fingerprint density at radius 2 is 2.24 bits per heavy atom. The summed E-state index contributed by atoms with van der Waals surface area (Å²) in [7, 11) is 0. The normalized spacial score (nSPS) is 10.2. The van der Waals surface area contributed by atoms with Gasteiger partial charge >= 0.3 is 0 Å². The van der Waals surface area contributed by atoms with Crippen LogP contribution in [0.4, 0.5) is 11.4 Å². The van der Waals surface area contributed by atoms with Gasteiger partial charge in [0.1, 0.15) is 0 Å². The number of amides is 1. The largest absolute Gasteiger partial charge is 0.399 e.